The number of ether oxygens (including phenoxy) is 1. The first-order valence-corrected chi connectivity index (χ1v) is 11.7. The van der Waals surface area contributed by atoms with Crippen LogP contribution in [0.3, 0.4) is 0 Å². The molecule has 9 heteroatoms. The maximum absolute atomic E-state index is 14.0. The van der Waals surface area contributed by atoms with Crippen molar-refractivity contribution in [3.05, 3.63) is 82.6 Å². The van der Waals surface area contributed by atoms with Gasteiger partial charge in [0.2, 0.25) is 11.6 Å². The minimum absolute atomic E-state index is 0.211. The lowest BCUT2D eigenvalue weighted by molar-refractivity contribution is -0.313. The molecule has 3 rings (SSSR count). The summed E-state index contributed by atoms with van der Waals surface area (Å²) in [5, 5.41) is 55.9. The SMILES string of the molecule is C/C=C/C=C/C(O)=C1/C(O)=C(C)C(=O)[C@@]2(C)O[C@]3(O)[C@@](C)(C(=O)/C(=C(O)/C=C/C=C/C)C(=O)[C@@]3(C)O)[C@H]12. The molecule has 0 aromatic heterocycles. The summed E-state index contributed by atoms with van der Waals surface area (Å²) in [6, 6.07) is 0. The average Bonchev–Trinajstić information content (AvgIpc) is 3.03. The van der Waals surface area contributed by atoms with Crippen molar-refractivity contribution < 1.29 is 44.7 Å². The zero-order valence-corrected chi connectivity index (χ0v) is 21.6. The molecule has 0 aromatic rings. The summed E-state index contributed by atoms with van der Waals surface area (Å²) in [7, 11) is 0. The zero-order valence-electron chi connectivity index (χ0n) is 21.6. The van der Waals surface area contributed by atoms with E-state index < -0.39 is 68.5 Å². The molecule has 1 heterocycles. The predicted octanol–water partition coefficient (Wildman–Crippen LogP) is 3.29. The molecule has 5 N–H and O–H groups in total. The smallest absolute Gasteiger partial charge is 0.217 e. The van der Waals surface area contributed by atoms with Crippen LogP contribution in [0.25, 0.3) is 0 Å². The third kappa shape index (κ3) is 3.53. The summed E-state index contributed by atoms with van der Waals surface area (Å²) in [4.78, 5) is 40.8. The van der Waals surface area contributed by atoms with E-state index in [4.69, 9.17) is 4.74 Å². The lowest BCUT2D eigenvalue weighted by Crippen LogP contribution is -2.72. The standard InChI is InChI=1S/C28H32O9/c1-7-9-11-13-16(29)18-20(31)15(3)22(32)26(5)21(18)25(4)23(33)19(17(30)14-12-10-8-2)24(34)27(6,35)28(25,36)37-26/h7-14,21,29-31,35-36H,1-6H3/b9-7+,10-8+,13-11+,14-12+,18-16+,19-17+/t21-,25+,26-,27+,28+/m0/s1. The number of aliphatic hydroxyl groups is 5. The number of Topliss-reactive ketones (excluding diaryl/α,β-unsaturated/α-hetero) is 3. The molecule has 198 valence electrons. The van der Waals surface area contributed by atoms with Crippen molar-refractivity contribution in [3.8, 4) is 0 Å². The normalized spacial score (nSPS) is 39.5. The Morgan fingerprint density at radius 1 is 0.838 bits per heavy atom. The summed E-state index contributed by atoms with van der Waals surface area (Å²) in [6.07, 6.45) is 11.5. The molecule has 1 saturated carbocycles. The number of fused-ring (bicyclic) bond motifs is 3. The lowest BCUT2D eigenvalue weighted by Gasteiger charge is -2.50. The van der Waals surface area contributed by atoms with Gasteiger partial charge in [-0.05, 0) is 53.7 Å². The zero-order chi connectivity index (χ0) is 28.1. The van der Waals surface area contributed by atoms with Gasteiger partial charge in [-0.1, -0.05) is 36.5 Å². The van der Waals surface area contributed by atoms with Crippen molar-refractivity contribution in [1.29, 1.82) is 0 Å². The number of hydrogen-bond acceptors (Lipinski definition) is 9. The van der Waals surface area contributed by atoms with E-state index in [2.05, 4.69) is 0 Å². The molecule has 9 nitrogen and oxygen atoms in total. The Morgan fingerprint density at radius 3 is 1.86 bits per heavy atom. The highest BCUT2D eigenvalue weighted by Crippen LogP contribution is 2.66. The number of aliphatic hydroxyl groups excluding tert-OH is 3. The molecule has 0 radical (unpaired) electrons. The van der Waals surface area contributed by atoms with Crippen molar-refractivity contribution in [3.63, 3.8) is 0 Å². The topological polar surface area (TPSA) is 162 Å². The van der Waals surface area contributed by atoms with E-state index in [1.807, 2.05) is 0 Å². The van der Waals surface area contributed by atoms with Gasteiger partial charge in [0, 0.05) is 17.1 Å². The van der Waals surface area contributed by atoms with Crippen molar-refractivity contribution in [1.82, 2.24) is 0 Å². The van der Waals surface area contributed by atoms with Crippen LogP contribution < -0.4 is 0 Å². The van der Waals surface area contributed by atoms with Crippen LogP contribution in [0.4, 0.5) is 0 Å². The van der Waals surface area contributed by atoms with Crippen LogP contribution >= 0.6 is 0 Å². The molecule has 2 fully saturated rings. The van der Waals surface area contributed by atoms with Gasteiger partial charge in [0.1, 0.15) is 28.5 Å². The summed E-state index contributed by atoms with van der Waals surface area (Å²) in [6.45, 7) is 8.07. The summed E-state index contributed by atoms with van der Waals surface area (Å²) in [5.74, 6) is -9.75. The largest absolute Gasteiger partial charge is 0.508 e. The predicted molar refractivity (Wildman–Crippen MR) is 134 cm³/mol. The fourth-order valence-electron chi connectivity index (χ4n) is 5.62. The number of carbonyl (C=O) groups is 3. The first kappa shape index (κ1) is 28.0. The van der Waals surface area contributed by atoms with E-state index in [1.165, 1.54) is 45.1 Å². The minimum atomic E-state index is -2.98. The van der Waals surface area contributed by atoms with Gasteiger partial charge in [0.05, 0.1) is 5.41 Å². The van der Waals surface area contributed by atoms with Crippen molar-refractivity contribution in [2.75, 3.05) is 0 Å². The van der Waals surface area contributed by atoms with Gasteiger partial charge in [-0.2, -0.15) is 0 Å². The Morgan fingerprint density at radius 2 is 1.35 bits per heavy atom. The molecule has 0 amide bonds. The maximum atomic E-state index is 14.0. The van der Waals surface area contributed by atoms with Crippen LogP contribution in [0.5, 0.6) is 0 Å². The van der Waals surface area contributed by atoms with E-state index in [0.717, 1.165) is 13.0 Å². The molecule has 0 unspecified atom stereocenters. The maximum Gasteiger partial charge on any atom is 0.217 e. The number of hydrogen-bond donors (Lipinski definition) is 5. The fraction of sp³-hybridized carbons (Fsp3) is 0.393. The molecule has 1 saturated heterocycles. The van der Waals surface area contributed by atoms with Crippen LogP contribution in [0.15, 0.2) is 82.6 Å². The van der Waals surface area contributed by atoms with Crippen LogP contribution in [-0.4, -0.2) is 59.9 Å². The summed E-state index contributed by atoms with van der Waals surface area (Å²) >= 11 is 0. The molecule has 2 aliphatic carbocycles. The molecule has 0 aromatic carbocycles. The van der Waals surface area contributed by atoms with Crippen LogP contribution in [0.1, 0.15) is 41.5 Å². The molecule has 0 bridgehead atoms. The molecule has 37 heavy (non-hydrogen) atoms. The first-order chi connectivity index (χ1) is 17.1. The molecule has 5 atom stereocenters. The molecule has 0 spiro atoms. The third-order valence-corrected chi connectivity index (χ3v) is 7.56. The highest BCUT2D eigenvalue weighted by molar-refractivity contribution is 6.28. The van der Waals surface area contributed by atoms with E-state index >= 15 is 0 Å². The van der Waals surface area contributed by atoms with Gasteiger partial charge in [0.25, 0.3) is 0 Å². The second kappa shape index (κ2) is 9.09. The highest BCUT2D eigenvalue weighted by Gasteiger charge is 2.83. The molecular formula is C28H32O9. The average molecular weight is 513 g/mol. The quantitative estimate of drug-likeness (QED) is 0.165. The number of allylic oxidation sites excluding steroid dienone is 9. The Bertz CT molecular complexity index is 1290. The second-order valence-electron chi connectivity index (χ2n) is 9.85. The second-order valence-corrected chi connectivity index (χ2v) is 9.85. The first-order valence-electron chi connectivity index (χ1n) is 11.7. The number of rotatable bonds is 4. The Kier molecular flexibility index (Phi) is 6.89. The Hall–Kier alpha value is -3.53. The van der Waals surface area contributed by atoms with Gasteiger partial charge in [-0.3, -0.25) is 14.4 Å². The number of ketones is 3. The molecule has 3 aliphatic rings. The summed E-state index contributed by atoms with van der Waals surface area (Å²) in [5.41, 5.74) is -8.56. The van der Waals surface area contributed by atoms with Crippen molar-refractivity contribution in [2.45, 2.75) is 58.5 Å². The monoisotopic (exact) mass is 512 g/mol. The van der Waals surface area contributed by atoms with Crippen LogP contribution in [0, 0.1) is 11.3 Å². The molecular weight excluding hydrogens is 480 g/mol. The third-order valence-electron chi connectivity index (χ3n) is 7.56. The van der Waals surface area contributed by atoms with Gasteiger partial charge >= 0.3 is 0 Å². The van der Waals surface area contributed by atoms with Gasteiger partial charge in [-0.15, -0.1) is 0 Å². The van der Waals surface area contributed by atoms with E-state index in [1.54, 1.807) is 32.1 Å². The lowest BCUT2D eigenvalue weighted by atomic mass is 9.52. The highest BCUT2D eigenvalue weighted by atomic mass is 16.7. The van der Waals surface area contributed by atoms with Crippen molar-refractivity contribution >= 4 is 17.3 Å². The molecule has 1 aliphatic heterocycles. The van der Waals surface area contributed by atoms with Gasteiger partial charge in [-0.25, -0.2) is 0 Å². The van der Waals surface area contributed by atoms with E-state index in [0.29, 0.717) is 0 Å². The van der Waals surface area contributed by atoms with E-state index in [9.17, 15) is 39.9 Å². The van der Waals surface area contributed by atoms with Crippen LogP contribution in [0.2, 0.25) is 0 Å². The van der Waals surface area contributed by atoms with Crippen LogP contribution in [-0.2, 0) is 19.1 Å². The van der Waals surface area contributed by atoms with E-state index in [-0.39, 0.29) is 11.1 Å². The summed E-state index contributed by atoms with van der Waals surface area (Å²) < 4.78 is 5.82. The van der Waals surface area contributed by atoms with Gasteiger partial charge in [0.15, 0.2) is 17.2 Å². The van der Waals surface area contributed by atoms with Crippen molar-refractivity contribution in [2.24, 2.45) is 11.3 Å². The minimum Gasteiger partial charge on any atom is -0.508 e. The fourth-order valence-corrected chi connectivity index (χ4v) is 5.62. The number of carbonyl (C=O) groups excluding carboxylic acids is 3. The Labute approximate surface area is 214 Å². The Balaban J connectivity index is 2.46. The van der Waals surface area contributed by atoms with Gasteiger partial charge < -0.3 is 30.3 Å².